The zero-order valence-corrected chi connectivity index (χ0v) is 38.6. The quantitative estimate of drug-likeness (QED) is 0.0346. The molecule has 0 aromatic heterocycles. The maximum absolute atomic E-state index is 12.5. The van der Waals surface area contributed by atoms with Gasteiger partial charge in [-0.2, -0.15) is 0 Å². The van der Waals surface area contributed by atoms with Gasteiger partial charge in [0.2, 0.25) is 0 Å². The van der Waals surface area contributed by atoms with Crippen molar-refractivity contribution in [2.45, 2.75) is 297 Å². The summed E-state index contributed by atoms with van der Waals surface area (Å²) in [5.74, 6) is -0.872. The van der Waals surface area contributed by atoms with E-state index in [0.29, 0.717) is 19.3 Å². The molecule has 6 nitrogen and oxygen atoms in total. The Morgan fingerprint density at radius 2 is 0.474 bits per heavy atom. The van der Waals surface area contributed by atoms with Gasteiger partial charge in [0.1, 0.15) is 13.2 Å². The van der Waals surface area contributed by atoms with Gasteiger partial charge < -0.3 is 14.2 Å². The van der Waals surface area contributed by atoms with Crippen LogP contribution in [0.4, 0.5) is 0 Å². The number of carbonyl (C=O) groups excluding carboxylic acids is 3. The molecule has 0 aliphatic heterocycles. The number of hydrogen-bond donors (Lipinski definition) is 0. The van der Waals surface area contributed by atoms with E-state index in [2.05, 4.69) is 20.8 Å². The second-order valence-electron chi connectivity index (χ2n) is 17.5. The lowest BCUT2D eigenvalue weighted by atomic mass is 10.0. The lowest BCUT2D eigenvalue weighted by Crippen LogP contribution is -2.30. The fraction of sp³-hybridized carbons (Fsp3) is 0.941. The zero-order valence-electron chi connectivity index (χ0n) is 38.6. The van der Waals surface area contributed by atoms with Crippen LogP contribution >= 0.6 is 0 Å². The third kappa shape index (κ3) is 45.3. The van der Waals surface area contributed by atoms with Gasteiger partial charge in [0.15, 0.2) is 6.10 Å². The summed E-state index contributed by atoms with van der Waals surface area (Å²) in [7, 11) is 0. The molecule has 0 aromatic rings. The summed E-state index contributed by atoms with van der Waals surface area (Å²) in [6.45, 7) is 6.55. The van der Waals surface area contributed by atoms with E-state index in [1.807, 2.05) is 0 Å². The normalized spacial score (nSPS) is 11.8. The lowest BCUT2D eigenvalue weighted by molar-refractivity contribution is -0.167. The third-order valence-corrected chi connectivity index (χ3v) is 11.6. The van der Waals surface area contributed by atoms with Crippen molar-refractivity contribution in [2.24, 2.45) is 0 Å². The Hall–Kier alpha value is -1.59. The van der Waals surface area contributed by atoms with Crippen LogP contribution in [0.15, 0.2) is 0 Å². The molecule has 0 rings (SSSR count). The number of carbonyl (C=O) groups is 3. The minimum atomic E-state index is -0.756. The highest BCUT2D eigenvalue weighted by atomic mass is 16.6. The number of ether oxygens (including phenoxy) is 3. The maximum atomic E-state index is 12.5. The molecule has 0 saturated heterocycles. The first-order chi connectivity index (χ1) is 28.0. The van der Waals surface area contributed by atoms with Gasteiger partial charge in [-0.25, -0.2) is 0 Å². The molecule has 0 N–H and O–H groups in total. The fourth-order valence-electron chi connectivity index (χ4n) is 7.74. The van der Waals surface area contributed by atoms with Crippen LogP contribution in [-0.4, -0.2) is 37.2 Å². The van der Waals surface area contributed by atoms with E-state index >= 15 is 0 Å². The van der Waals surface area contributed by atoms with Crippen LogP contribution in [0.5, 0.6) is 0 Å². The zero-order chi connectivity index (χ0) is 41.5. The van der Waals surface area contributed by atoms with Crippen molar-refractivity contribution in [3.8, 4) is 0 Å². The summed E-state index contributed by atoms with van der Waals surface area (Å²) in [4.78, 5) is 37.3. The maximum Gasteiger partial charge on any atom is 0.306 e. The number of unbranched alkanes of at least 4 members (excludes halogenated alkanes) is 36. The highest BCUT2D eigenvalue weighted by Crippen LogP contribution is 2.17. The fourth-order valence-corrected chi connectivity index (χ4v) is 7.74. The van der Waals surface area contributed by atoms with Gasteiger partial charge in [-0.05, 0) is 19.3 Å². The molecule has 0 radical (unpaired) electrons. The molecule has 0 spiro atoms. The van der Waals surface area contributed by atoms with Crippen LogP contribution < -0.4 is 0 Å². The van der Waals surface area contributed by atoms with Crippen molar-refractivity contribution >= 4 is 17.9 Å². The van der Waals surface area contributed by atoms with Crippen LogP contribution in [0.3, 0.4) is 0 Å². The monoisotopic (exact) mass is 807 g/mol. The van der Waals surface area contributed by atoms with Crippen molar-refractivity contribution in [1.29, 1.82) is 0 Å². The van der Waals surface area contributed by atoms with Gasteiger partial charge in [0, 0.05) is 19.3 Å². The van der Waals surface area contributed by atoms with Gasteiger partial charge >= 0.3 is 17.9 Å². The van der Waals surface area contributed by atoms with E-state index in [0.717, 1.165) is 57.8 Å². The molecule has 0 amide bonds. The first-order valence-corrected chi connectivity index (χ1v) is 25.5. The summed E-state index contributed by atoms with van der Waals surface area (Å²) < 4.78 is 16.6. The van der Waals surface area contributed by atoms with E-state index in [-0.39, 0.29) is 31.1 Å². The van der Waals surface area contributed by atoms with Gasteiger partial charge in [0.05, 0.1) is 0 Å². The largest absolute Gasteiger partial charge is 0.462 e. The Labute approximate surface area is 355 Å². The molecule has 0 aliphatic rings. The molecule has 57 heavy (non-hydrogen) atoms. The SMILES string of the molecule is CCCCCCCCCCCCCCCCCCCCCCCCCCCCCC(=O)OCC(COC(=O)CCCCCCCC)OC(=O)CCCCCCCC. The van der Waals surface area contributed by atoms with Crippen molar-refractivity contribution in [3.63, 3.8) is 0 Å². The number of rotatable bonds is 47. The van der Waals surface area contributed by atoms with Crippen LogP contribution in [0.1, 0.15) is 290 Å². The first-order valence-electron chi connectivity index (χ1n) is 25.5. The average Bonchev–Trinajstić information content (AvgIpc) is 3.21. The molecule has 0 bridgehead atoms. The highest BCUT2D eigenvalue weighted by molar-refractivity contribution is 5.71. The molecule has 338 valence electrons. The molecule has 0 fully saturated rings. The molecule has 0 aliphatic carbocycles. The van der Waals surface area contributed by atoms with E-state index in [1.165, 1.54) is 193 Å². The van der Waals surface area contributed by atoms with E-state index in [1.54, 1.807) is 0 Å². The predicted molar refractivity (Wildman–Crippen MR) is 243 cm³/mol. The second-order valence-corrected chi connectivity index (χ2v) is 17.5. The summed E-state index contributed by atoms with van der Waals surface area (Å²) in [6, 6.07) is 0. The molecule has 0 saturated carbocycles. The van der Waals surface area contributed by atoms with Crippen LogP contribution in [0.2, 0.25) is 0 Å². The molecular weight excluding hydrogens is 709 g/mol. The molecule has 0 aromatic carbocycles. The topological polar surface area (TPSA) is 78.9 Å². The number of hydrogen-bond acceptors (Lipinski definition) is 6. The Kier molecular flexibility index (Phi) is 45.8. The van der Waals surface area contributed by atoms with Gasteiger partial charge in [-0.3, -0.25) is 14.4 Å². The molecular formula is C51H98O6. The summed E-state index contributed by atoms with van der Waals surface area (Å²) >= 11 is 0. The Bertz CT molecular complexity index is 844. The second kappa shape index (κ2) is 47.1. The smallest absolute Gasteiger partial charge is 0.306 e. The Balaban J connectivity index is 3.82. The van der Waals surface area contributed by atoms with Crippen molar-refractivity contribution < 1.29 is 28.6 Å². The summed E-state index contributed by atoms with van der Waals surface area (Å²) in [6.07, 6.45) is 50.3. The minimum absolute atomic E-state index is 0.0646. The van der Waals surface area contributed by atoms with Crippen LogP contribution in [0.25, 0.3) is 0 Å². The van der Waals surface area contributed by atoms with Crippen molar-refractivity contribution in [3.05, 3.63) is 0 Å². The van der Waals surface area contributed by atoms with Gasteiger partial charge in [-0.1, -0.05) is 252 Å². The lowest BCUT2D eigenvalue weighted by Gasteiger charge is -2.18. The standard InChI is InChI=1S/C51H98O6/c1-4-7-10-13-16-17-18-19-20-21-22-23-24-25-26-27-28-29-30-31-32-33-34-35-36-39-41-44-50(53)56-47-48(57-51(54)45-42-38-15-12-9-6-3)46-55-49(52)43-40-37-14-11-8-5-2/h48H,4-47H2,1-3H3. The highest BCUT2D eigenvalue weighted by Gasteiger charge is 2.19. The average molecular weight is 807 g/mol. The number of esters is 3. The first kappa shape index (κ1) is 55.4. The van der Waals surface area contributed by atoms with Crippen molar-refractivity contribution in [2.75, 3.05) is 13.2 Å². The minimum Gasteiger partial charge on any atom is -0.462 e. The van der Waals surface area contributed by atoms with E-state index in [4.69, 9.17) is 14.2 Å². The van der Waals surface area contributed by atoms with E-state index < -0.39 is 6.10 Å². The predicted octanol–water partition coefficient (Wildman–Crippen LogP) is 16.4. The summed E-state index contributed by atoms with van der Waals surface area (Å²) in [5, 5.41) is 0. The van der Waals surface area contributed by atoms with Gasteiger partial charge in [-0.15, -0.1) is 0 Å². The Morgan fingerprint density at radius 1 is 0.281 bits per heavy atom. The molecule has 1 unspecified atom stereocenters. The molecule has 6 heteroatoms. The van der Waals surface area contributed by atoms with Crippen LogP contribution in [0, 0.1) is 0 Å². The third-order valence-electron chi connectivity index (χ3n) is 11.6. The van der Waals surface area contributed by atoms with Crippen molar-refractivity contribution in [1.82, 2.24) is 0 Å². The van der Waals surface area contributed by atoms with Gasteiger partial charge in [0.25, 0.3) is 0 Å². The Morgan fingerprint density at radius 3 is 0.702 bits per heavy atom. The molecule has 0 heterocycles. The van der Waals surface area contributed by atoms with E-state index in [9.17, 15) is 14.4 Å². The molecule has 1 atom stereocenters. The van der Waals surface area contributed by atoms with Crippen LogP contribution in [-0.2, 0) is 28.6 Å². The summed E-state index contributed by atoms with van der Waals surface area (Å²) in [5.41, 5.74) is 0.